The monoisotopic (exact) mass is 440 g/mol. The molecular formula is C18H21BrN2O4S. The number of hydrogen-bond acceptors (Lipinski definition) is 4. The Morgan fingerprint density at radius 1 is 1.15 bits per heavy atom. The molecule has 0 atom stereocenters. The first-order chi connectivity index (χ1) is 12.4. The Kier molecular flexibility index (Phi) is 7.62. The number of anilines is 1. The maximum Gasteiger partial charge on any atom is 0.262 e. The molecule has 2 aromatic carbocycles. The van der Waals surface area contributed by atoms with Gasteiger partial charge >= 0.3 is 0 Å². The molecule has 0 saturated carbocycles. The lowest BCUT2D eigenvalue weighted by Crippen LogP contribution is -2.24. The molecule has 0 aliphatic rings. The number of rotatable bonds is 9. The van der Waals surface area contributed by atoms with E-state index in [-0.39, 0.29) is 17.4 Å². The topological polar surface area (TPSA) is 84.5 Å². The number of amides is 1. The van der Waals surface area contributed by atoms with Gasteiger partial charge < -0.3 is 10.1 Å². The fourth-order valence-corrected chi connectivity index (χ4v) is 3.57. The van der Waals surface area contributed by atoms with Gasteiger partial charge in [0.05, 0.1) is 4.90 Å². The van der Waals surface area contributed by atoms with Crippen molar-refractivity contribution >= 4 is 37.5 Å². The molecule has 0 aromatic heterocycles. The molecule has 0 aliphatic carbocycles. The molecule has 2 N–H and O–H groups in total. The minimum absolute atomic E-state index is 0.166. The van der Waals surface area contributed by atoms with E-state index in [1.807, 2.05) is 19.1 Å². The van der Waals surface area contributed by atoms with E-state index in [2.05, 4.69) is 26.0 Å². The van der Waals surface area contributed by atoms with E-state index in [9.17, 15) is 13.2 Å². The number of carbonyl (C=O) groups is 1. The fourth-order valence-electron chi connectivity index (χ4n) is 2.09. The van der Waals surface area contributed by atoms with Crippen molar-refractivity contribution in [3.8, 4) is 5.75 Å². The second-order valence-electron chi connectivity index (χ2n) is 5.57. The van der Waals surface area contributed by atoms with Crippen molar-refractivity contribution in [3.05, 3.63) is 53.0 Å². The van der Waals surface area contributed by atoms with E-state index < -0.39 is 10.0 Å². The Morgan fingerprint density at radius 2 is 1.88 bits per heavy atom. The molecule has 140 valence electrons. The minimum Gasteiger partial charge on any atom is -0.484 e. The summed E-state index contributed by atoms with van der Waals surface area (Å²) in [7, 11) is -3.51. The summed E-state index contributed by atoms with van der Waals surface area (Å²) in [4.78, 5) is 12.1. The fraction of sp³-hybridized carbons (Fsp3) is 0.278. The highest BCUT2D eigenvalue weighted by molar-refractivity contribution is 9.10. The van der Waals surface area contributed by atoms with Gasteiger partial charge in [0.25, 0.3) is 5.91 Å². The predicted octanol–water partition coefficient (Wildman–Crippen LogP) is 3.55. The lowest BCUT2D eigenvalue weighted by Gasteiger charge is -2.09. The van der Waals surface area contributed by atoms with Crippen molar-refractivity contribution in [1.82, 2.24) is 4.72 Å². The highest BCUT2D eigenvalue weighted by atomic mass is 79.9. The van der Waals surface area contributed by atoms with Crippen LogP contribution in [0.25, 0.3) is 0 Å². The van der Waals surface area contributed by atoms with Crippen LogP contribution in [0.4, 0.5) is 5.69 Å². The van der Waals surface area contributed by atoms with Crippen molar-refractivity contribution < 1.29 is 17.9 Å². The van der Waals surface area contributed by atoms with Gasteiger partial charge in [-0.2, -0.15) is 0 Å². The Labute approximate surface area is 162 Å². The Bertz CT molecular complexity index is 839. The van der Waals surface area contributed by atoms with Gasteiger partial charge in [0.2, 0.25) is 10.0 Å². The third-order valence-corrected chi connectivity index (χ3v) is 5.40. The van der Waals surface area contributed by atoms with Crippen LogP contribution in [-0.2, 0) is 14.8 Å². The number of nitrogens with one attached hydrogen (secondary N) is 2. The average molecular weight is 441 g/mol. The van der Waals surface area contributed by atoms with Gasteiger partial charge in [-0.3, -0.25) is 4.79 Å². The van der Waals surface area contributed by atoms with E-state index in [0.717, 1.165) is 17.3 Å². The third kappa shape index (κ3) is 6.44. The van der Waals surface area contributed by atoms with Gasteiger partial charge in [-0.15, -0.1) is 0 Å². The van der Waals surface area contributed by atoms with Gasteiger partial charge in [-0.1, -0.05) is 35.3 Å². The summed E-state index contributed by atoms with van der Waals surface area (Å²) >= 11 is 3.33. The van der Waals surface area contributed by atoms with E-state index in [0.29, 0.717) is 18.0 Å². The molecule has 8 heteroatoms. The van der Waals surface area contributed by atoms with Crippen LogP contribution in [0.1, 0.15) is 19.8 Å². The number of sulfonamides is 1. The second-order valence-corrected chi connectivity index (χ2v) is 8.25. The van der Waals surface area contributed by atoms with Crippen molar-refractivity contribution in [2.24, 2.45) is 0 Å². The van der Waals surface area contributed by atoms with Gasteiger partial charge in [-0.25, -0.2) is 13.1 Å². The van der Waals surface area contributed by atoms with E-state index in [4.69, 9.17) is 4.74 Å². The van der Waals surface area contributed by atoms with Crippen LogP contribution in [0, 0.1) is 0 Å². The SMILES string of the molecule is CCCCNS(=O)(=O)c1ccc(OCC(=O)Nc2cccc(Br)c2)cc1. The maximum absolute atomic E-state index is 12.1. The average Bonchev–Trinajstić information content (AvgIpc) is 2.60. The largest absolute Gasteiger partial charge is 0.484 e. The zero-order chi connectivity index (χ0) is 19.0. The van der Waals surface area contributed by atoms with Crippen LogP contribution in [-0.4, -0.2) is 27.5 Å². The summed E-state index contributed by atoms with van der Waals surface area (Å²) in [6, 6.07) is 13.2. The first-order valence-electron chi connectivity index (χ1n) is 8.18. The first-order valence-corrected chi connectivity index (χ1v) is 10.5. The van der Waals surface area contributed by atoms with Gasteiger partial charge in [0.15, 0.2) is 6.61 Å². The summed E-state index contributed by atoms with van der Waals surface area (Å²) in [5, 5.41) is 2.72. The van der Waals surface area contributed by atoms with Gasteiger partial charge in [0, 0.05) is 16.7 Å². The Hall–Kier alpha value is -1.90. The molecule has 2 aromatic rings. The summed E-state index contributed by atoms with van der Waals surface area (Å²) < 4.78 is 33.0. The van der Waals surface area contributed by atoms with Crippen LogP contribution in [0.2, 0.25) is 0 Å². The van der Waals surface area contributed by atoms with Crippen molar-refractivity contribution in [3.63, 3.8) is 0 Å². The van der Waals surface area contributed by atoms with Crippen LogP contribution < -0.4 is 14.8 Å². The third-order valence-electron chi connectivity index (χ3n) is 3.43. The molecule has 1 amide bonds. The Morgan fingerprint density at radius 3 is 2.54 bits per heavy atom. The highest BCUT2D eigenvalue weighted by Crippen LogP contribution is 2.17. The minimum atomic E-state index is -3.51. The number of benzene rings is 2. The highest BCUT2D eigenvalue weighted by Gasteiger charge is 2.13. The molecular weight excluding hydrogens is 420 g/mol. The van der Waals surface area contributed by atoms with E-state index in [1.54, 1.807) is 12.1 Å². The van der Waals surface area contributed by atoms with Crippen LogP contribution in [0.3, 0.4) is 0 Å². The molecule has 0 bridgehead atoms. The van der Waals surface area contributed by atoms with Crippen molar-refractivity contribution in [1.29, 1.82) is 0 Å². The van der Waals surface area contributed by atoms with Crippen LogP contribution in [0.5, 0.6) is 5.75 Å². The summed E-state index contributed by atoms with van der Waals surface area (Å²) in [5.74, 6) is 0.114. The number of carbonyl (C=O) groups excluding carboxylic acids is 1. The summed E-state index contributed by atoms with van der Waals surface area (Å²) in [6.45, 7) is 2.23. The maximum atomic E-state index is 12.1. The lowest BCUT2D eigenvalue weighted by molar-refractivity contribution is -0.118. The predicted molar refractivity (Wildman–Crippen MR) is 105 cm³/mol. The molecule has 0 heterocycles. The van der Waals surface area contributed by atoms with Crippen molar-refractivity contribution in [2.45, 2.75) is 24.7 Å². The molecule has 0 aliphatic heterocycles. The molecule has 0 fully saturated rings. The molecule has 26 heavy (non-hydrogen) atoms. The zero-order valence-corrected chi connectivity index (χ0v) is 16.8. The molecule has 0 unspecified atom stereocenters. The van der Waals surface area contributed by atoms with Crippen molar-refractivity contribution in [2.75, 3.05) is 18.5 Å². The smallest absolute Gasteiger partial charge is 0.262 e. The Balaban J connectivity index is 1.88. The second kappa shape index (κ2) is 9.70. The van der Waals surface area contributed by atoms with E-state index in [1.165, 1.54) is 24.3 Å². The number of hydrogen-bond donors (Lipinski definition) is 2. The summed E-state index contributed by atoms with van der Waals surface area (Å²) in [6.07, 6.45) is 1.70. The number of ether oxygens (including phenoxy) is 1. The zero-order valence-electron chi connectivity index (χ0n) is 14.4. The van der Waals surface area contributed by atoms with Gasteiger partial charge in [-0.05, 0) is 48.9 Å². The quantitative estimate of drug-likeness (QED) is 0.583. The summed E-state index contributed by atoms with van der Waals surface area (Å²) in [5.41, 5.74) is 0.660. The van der Waals surface area contributed by atoms with Crippen LogP contribution >= 0.6 is 15.9 Å². The normalized spacial score (nSPS) is 11.2. The van der Waals surface area contributed by atoms with Gasteiger partial charge in [0.1, 0.15) is 5.75 Å². The molecule has 2 rings (SSSR count). The molecule has 0 saturated heterocycles. The molecule has 6 nitrogen and oxygen atoms in total. The first kappa shape index (κ1) is 20.4. The van der Waals surface area contributed by atoms with E-state index >= 15 is 0 Å². The molecule has 0 radical (unpaired) electrons. The lowest BCUT2D eigenvalue weighted by atomic mass is 10.3. The number of halogens is 1. The molecule has 0 spiro atoms. The number of unbranched alkanes of at least 4 members (excludes halogenated alkanes) is 1. The standard InChI is InChI=1S/C18H21BrN2O4S/c1-2-3-11-20-26(23,24)17-9-7-16(8-10-17)25-13-18(22)21-15-6-4-5-14(19)12-15/h4-10,12,20H,2-3,11,13H2,1H3,(H,21,22). The van der Waals surface area contributed by atoms with Crippen LogP contribution in [0.15, 0.2) is 57.9 Å².